The van der Waals surface area contributed by atoms with Crippen LogP contribution in [0.4, 0.5) is 5.69 Å². The molecule has 0 aliphatic heterocycles. The van der Waals surface area contributed by atoms with Gasteiger partial charge in [-0.05, 0) is 42.9 Å². The number of fused-ring (bicyclic) bond motifs is 1. The van der Waals surface area contributed by atoms with Crippen LogP contribution < -0.4 is 10.9 Å². The summed E-state index contributed by atoms with van der Waals surface area (Å²) in [5.41, 5.74) is 2.89. The van der Waals surface area contributed by atoms with Gasteiger partial charge in [0.05, 0.1) is 11.4 Å². The van der Waals surface area contributed by atoms with Crippen LogP contribution in [0.15, 0.2) is 64.5 Å². The van der Waals surface area contributed by atoms with E-state index in [-0.39, 0.29) is 17.2 Å². The maximum atomic E-state index is 12.6. The predicted octanol–water partition coefficient (Wildman–Crippen LogP) is 4.54. The highest BCUT2D eigenvalue weighted by atomic mass is 32.2. The average Bonchev–Trinajstić information content (AvgIpc) is 3.04. The fourth-order valence-corrected chi connectivity index (χ4v) is 4.75. The lowest BCUT2D eigenvalue weighted by Gasteiger charge is -2.08. The molecule has 0 bridgehead atoms. The third-order valence-electron chi connectivity index (χ3n) is 4.17. The Balaban J connectivity index is 1.64. The number of anilines is 1. The van der Waals surface area contributed by atoms with Crippen LogP contribution in [0.1, 0.15) is 5.56 Å². The SMILES string of the molecule is Cc1ccccc1-n1c(=S)sc2c(=O)[nH]c(SCC(=O)Nc3ccccc3)nc21. The number of para-hydroxylation sites is 2. The maximum absolute atomic E-state index is 12.6. The number of carbonyl (C=O) groups excluding carboxylic acids is 1. The van der Waals surface area contributed by atoms with Gasteiger partial charge in [0, 0.05) is 5.69 Å². The molecular weight excluding hydrogens is 424 g/mol. The Hall–Kier alpha value is -2.75. The summed E-state index contributed by atoms with van der Waals surface area (Å²) in [7, 11) is 0. The second-order valence-corrected chi connectivity index (χ2v) is 8.82. The Morgan fingerprint density at radius 3 is 2.69 bits per heavy atom. The summed E-state index contributed by atoms with van der Waals surface area (Å²) in [5.74, 6) is -0.0523. The number of carbonyl (C=O) groups is 1. The van der Waals surface area contributed by atoms with Crippen molar-refractivity contribution in [2.24, 2.45) is 0 Å². The molecule has 4 rings (SSSR count). The molecule has 29 heavy (non-hydrogen) atoms. The van der Waals surface area contributed by atoms with Gasteiger partial charge >= 0.3 is 0 Å². The van der Waals surface area contributed by atoms with Gasteiger partial charge in [0.2, 0.25) is 5.91 Å². The molecule has 9 heteroatoms. The minimum Gasteiger partial charge on any atom is -0.325 e. The molecule has 146 valence electrons. The molecule has 2 N–H and O–H groups in total. The van der Waals surface area contributed by atoms with Gasteiger partial charge < -0.3 is 10.3 Å². The molecule has 0 spiro atoms. The van der Waals surface area contributed by atoms with E-state index in [1.54, 1.807) is 0 Å². The largest absolute Gasteiger partial charge is 0.325 e. The Labute approximate surface area is 179 Å². The third kappa shape index (κ3) is 4.16. The van der Waals surface area contributed by atoms with Crippen LogP contribution in [0.2, 0.25) is 0 Å². The Morgan fingerprint density at radius 2 is 1.93 bits per heavy atom. The van der Waals surface area contributed by atoms with Crippen molar-refractivity contribution < 1.29 is 4.79 Å². The minimum absolute atomic E-state index is 0.124. The van der Waals surface area contributed by atoms with Gasteiger partial charge in [-0.15, -0.1) is 0 Å². The van der Waals surface area contributed by atoms with Crippen LogP contribution >= 0.6 is 35.3 Å². The lowest BCUT2D eigenvalue weighted by Crippen LogP contribution is -2.15. The van der Waals surface area contributed by atoms with Crippen LogP contribution in [0.5, 0.6) is 0 Å². The molecular formula is C20H16N4O2S3. The van der Waals surface area contributed by atoms with Gasteiger partial charge in [0.25, 0.3) is 5.56 Å². The first-order valence-corrected chi connectivity index (χ1v) is 10.9. The molecule has 2 aromatic carbocycles. The molecule has 2 heterocycles. The first-order chi connectivity index (χ1) is 14.0. The highest BCUT2D eigenvalue weighted by molar-refractivity contribution is 7.99. The predicted molar refractivity (Wildman–Crippen MR) is 121 cm³/mol. The van der Waals surface area contributed by atoms with Crippen molar-refractivity contribution in [3.8, 4) is 5.69 Å². The molecule has 2 aromatic heterocycles. The first-order valence-electron chi connectivity index (χ1n) is 8.72. The van der Waals surface area contributed by atoms with E-state index in [4.69, 9.17) is 12.2 Å². The number of aromatic nitrogens is 3. The Kier molecular flexibility index (Phi) is 5.61. The topological polar surface area (TPSA) is 79.8 Å². The summed E-state index contributed by atoms with van der Waals surface area (Å²) >= 11 is 7.89. The molecule has 1 amide bonds. The van der Waals surface area contributed by atoms with Gasteiger partial charge in [-0.25, -0.2) is 4.98 Å². The lowest BCUT2D eigenvalue weighted by molar-refractivity contribution is -0.113. The van der Waals surface area contributed by atoms with Gasteiger partial charge in [-0.2, -0.15) is 0 Å². The lowest BCUT2D eigenvalue weighted by atomic mass is 10.2. The summed E-state index contributed by atoms with van der Waals surface area (Å²) < 4.78 is 2.83. The van der Waals surface area contributed by atoms with Crippen molar-refractivity contribution in [2.75, 3.05) is 11.1 Å². The summed E-state index contributed by atoms with van der Waals surface area (Å²) in [4.78, 5) is 32.1. The van der Waals surface area contributed by atoms with Gasteiger partial charge in [-0.1, -0.05) is 59.5 Å². The van der Waals surface area contributed by atoms with E-state index in [9.17, 15) is 9.59 Å². The molecule has 0 saturated carbocycles. The van der Waals surface area contributed by atoms with E-state index < -0.39 is 0 Å². The number of thioether (sulfide) groups is 1. The van der Waals surface area contributed by atoms with E-state index in [0.717, 1.165) is 16.9 Å². The Morgan fingerprint density at radius 1 is 1.21 bits per heavy atom. The fourth-order valence-electron chi connectivity index (χ4n) is 2.84. The zero-order chi connectivity index (χ0) is 20.4. The zero-order valence-corrected chi connectivity index (χ0v) is 17.8. The van der Waals surface area contributed by atoms with E-state index in [0.29, 0.717) is 19.5 Å². The summed E-state index contributed by atoms with van der Waals surface area (Å²) in [5, 5.41) is 3.19. The molecule has 0 unspecified atom stereocenters. The number of nitrogens with zero attached hydrogens (tertiary/aromatic N) is 2. The molecule has 0 atom stereocenters. The van der Waals surface area contributed by atoms with Crippen LogP contribution in [0.3, 0.4) is 0 Å². The van der Waals surface area contributed by atoms with Crippen molar-refractivity contribution in [2.45, 2.75) is 12.1 Å². The van der Waals surface area contributed by atoms with Crippen molar-refractivity contribution >= 4 is 57.3 Å². The monoisotopic (exact) mass is 440 g/mol. The fraction of sp³-hybridized carbons (Fsp3) is 0.100. The molecule has 0 aliphatic carbocycles. The number of aryl methyl sites for hydroxylation is 1. The van der Waals surface area contributed by atoms with Crippen LogP contribution in [-0.2, 0) is 4.79 Å². The minimum atomic E-state index is -0.260. The van der Waals surface area contributed by atoms with Crippen molar-refractivity contribution in [1.29, 1.82) is 0 Å². The highest BCUT2D eigenvalue weighted by Crippen LogP contribution is 2.26. The number of amides is 1. The first kappa shape index (κ1) is 19.6. The number of nitrogens with one attached hydrogen (secondary N) is 2. The molecule has 6 nitrogen and oxygen atoms in total. The second-order valence-electron chi connectivity index (χ2n) is 6.22. The zero-order valence-electron chi connectivity index (χ0n) is 15.3. The van der Waals surface area contributed by atoms with E-state index in [2.05, 4.69) is 15.3 Å². The van der Waals surface area contributed by atoms with Crippen LogP contribution in [-0.4, -0.2) is 26.2 Å². The maximum Gasteiger partial charge on any atom is 0.271 e. The number of hydrogen-bond donors (Lipinski definition) is 2. The van der Waals surface area contributed by atoms with E-state index in [1.165, 1.54) is 23.1 Å². The van der Waals surface area contributed by atoms with E-state index >= 15 is 0 Å². The number of thiazole rings is 1. The molecule has 0 fully saturated rings. The Bertz CT molecular complexity index is 1310. The van der Waals surface area contributed by atoms with Crippen molar-refractivity contribution in [3.63, 3.8) is 0 Å². The number of rotatable bonds is 5. The number of hydrogen-bond acceptors (Lipinski definition) is 6. The summed E-state index contributed by atoms with van der Waals surface area (Å²) in [6.07, 6.45) is 0. The van der Waals surface area contributed by atoms with Gasteiger partial charge in [0.1, 0.15) is 4.70 Å². The standard InChI is InChI=1S/C20H16N4O2S3/c1-12-7-5-6-10-14(12)24-17-16(29-20(24)27)18(26)23-19(22-17)28-11-15(25)21-13-8-3-2-4-9-13/h2-10H,11H2,1H3,(H,21,25)(H,22,23,26). The van der Waals surface area contributed by atoms with Crippen LogP contribution in [0, 0.1) is 10.9 Å². The molecule has 0 saturated heterocycles. The number of aromatic amines is 1. The van der Waals surface area contributed by atoms with E-state index in [1.807, 2.05) is 66.1 Å². The molecule has 0 radical (unpaired) electrons. The molecule has 4 aromatic rings. The quantitative estimate of drug-likeness (QED) is 0.270. The molecule has 0 aliphatic rings. The summed E-state index contributed by atoms with van der Waals surface area (Å²) in [6.45, 7) is 1.98. The average molecular weight is 441 g/mol. The van der Waals surface area contributed by atoms with Gasteiger partial charge in [-0.3, -0.25) is 14.2 Å². The number of benzene rings is 2. The smallest absolute Gasteiger partial charge is 0.271 e. The van der Waals surface area contributed by atoms with Gasteiger partial charge in [0.15, 0.2) is 14.8 Å². The number of H-pyrrole nitrogens is 1. The van der Waals surface area contributed by atoms with Crippen molar-refractivity contribution in [3.05, 3.63) is 74.5 Å². The highest BCUT2D eigenvalue weighted by Gasteiger charge is 2.15. The summed E-state index contributed by atoms with van der Waals surface area (Å²) in [6, 6.07) is 17.0. The second kappa shape index (κ2) is 8.32. The van der Waals surface area contributed by atoms with Crippen molar-refractivity contribution in [1.82, 2.24) is 14.5 Å². The third-order valence-corrected chi connectivity index (χ3v) is 6.41. The van der Waals surface area contributed by atoms with Crippen LogP contribution in [0.25, 0.3) is 16.0 Å². The normalized spacial score (nSPS) is 10.9.